The smallest absolute Gasteiger partial charge is 0.135 e. The molecule has 13 aromatic rings. The van der Waals surface area contributed by atoms with Crippen molar-refractivity contribution in [3.8, 4) is 61.8 Å². The minimum atomic E-state index is -0.775. The van der Waals surface area contributed by atoms with Crippen LogP contribution in [0.4, 0.5) is 22.7 Å². The first-order chi connectivity index (χ1) is 41.9. The number of rotatable bonds is 10. The van der Waals surface area contributed by atoms with Gasteiger partial charge in [-0.25, -0.2) is 4.98 Å². The number of para-hydroxylation sites is 3. The van der Waals surface area contributed by atoms with Gasteiger partial charge >= 0.3 is 0 Å². The van der Waals surface area contributed by atoms with Crippen molar-refractivity contribution in [1.29, 1.82) is 0 Å². The van der Waals surface area contributed by atoms with E-state index < -0.39 is 5.41 Å². The largest absolute Gasteiger partial charge is 0.509 e. The molecule has 0 amide bonds. The van der Waals surface area contributed by atoms with Crippen LogP contribution in [-0.4, -0.2) is 9.55 Å². The SMILES string of the molecule is CC(C)(C)c1ccc(C2(c3cc(Oc4[c-]c5c(cc4)c4ccccc4n5-c4cc(C(C)(C)C)ccn4)[c-]c(N4[CH-]N(c5c(-c6ccccc6)cc(-c6ccccc6)cc5-c5ccccc5)c5ccccc54)c3)c3ccccc3-c3ccccc32)cc1.[Pt]. The second-order valence-electron chi connectivity index (χ2n) is 24.8. The summed E-state index contributed by atoms with van der Waals surface area (Å²) in [7, 11) is 0. The Morgan fingerprint density at radius 3 is 1.60 bits per heavy atom. The van der Waals surface area contributed by atoms with E-state index >= 15 is 0 Å². The molecule has 0 saturated carbocycles. The van der Waals surface area contributed by atoms with Crippen molar-refractivity contribution in [2.24, 2.45) is 0 Å². The van der Waals surface area contributed by atoms with E-state index in [1.807, 2.05) is 12.3 Å². The van der Waals surface area contributed by atoms with Crippen molar-refractivity contribution < 1.29 is 25.8 Å². The van der Waals surface area contributed by atoms with Gasteiger partial charge in [0.25, 0.3) is 0 Å². The molecule has 426 valence electrons. The number of ether oxygens (including phenoxy) is 1. The van der Waals surface area contributed by atoms with Crippen LogP contribution in [0.2, 0.25) is 0 Å². The Kier molecular flexibility index (Phi) is 13.8. The normalized spacial score (nSPS) is 13.3. The van der Waals surface area contributed by atoms with E-state index in [0.29, 0.717) is 11.5 Å². The van der Waals surface area contributed by atoms with E-state index in [-0.39, 0.29) is 31.9 Å². The molecule has 5 nitrogen and oxygen atoms in total. The number of hydrogen-bond acceptors (Lipinski definition) is 4. The number of benzene rings is 11. The molecule has 11 aromatic carbocycles. The fourth-order valence-corrected chi connectivity index (χ4v) is 13.3. The van der Waals surface area contributed by atoms with Gasteiger partial charge in [-0.1, -0.05) is 241 Å². The molecule has 87 heavy (non-hydrogen) atoms. The van der Waals surface area contributed by atoms with Crippen LogP contribution in [0.25, 0.3) is 72.1 Å². The topological polar surface area (TPSA) is 33.5 Å². The van der Waals surface area contributed by atoms with Crippen LogP contribution in [0, 0.1) is 18.8 Å². The van der Waals surface area contributed by atoms with Crippen LogP contribution in [0.3, 0.4) is 0 Å². The van der Waals surface area contributed by atoms with Gasteiger partial charge in [0.15, 0.2) is 0 Å². The molecule has 0 unspecified atom stereocenters. The first-order valence-corrected chi connectivity index (χ1v) is 29.8. The zero-order chi connectivity index (χ0) is 58.3. The van der Waals surface area contributed by atoms with Gasteiger partial charge in [-0.15, -0.1) is 53.6 Å². The zero-order valence-electron chi connectivity index (χ0n) is 49.5. The molecule has 2 aromatic heterocycles. The molecule has 15 rings (SSSR count). The van der Waals surface area contributed by atoms with E-state index in [9.17, 15) is 0 Å². The average Bonchev–Trinajstić information content (AvgIpc) is 1.58. The summed E-state index contributed by atoms with van der Waals surface area (Å²) in [6.07, 6.45) is 1.92. The Morgan fingerprint density at radius 1 is 0.425 bits per heavy atom. The summed E-state index contributed by atoms with van der Waals surface area (Å²) in [4.78, 5) is 9.70. The Morgan fingerprint density at radius 2 is 0.977 bits per heavy atom. The van der Waals surface area contributed by atoms with Crippen LogP contribution in [-0.2, 0) is 37.3 Å². The van der Waals surface area contributed by atoms with E-state index in [4.69, 9.17) is 9.72 Å². The van der Waals surface area contributed by atoms with Crippen LogP contribution in [0.5, 0.6) is 11.5 Å². The second kappa shape index (κ2) is 21.8. The molecule has 0 N–H and O–H groups in total. The van der Waals surface area contributed by atoms with Crippen LogP contribution in [0.15, 0.2) is 267 Å². The summed E-state index contributed by atoms with van der Waals surface area (Å²) in [5, 5.41) is 2.19. The van der Waals surface area contributed by atoms with E-state index in [2.05, 4.69) is 329 Å². The first-order valence-electron chi connectivity index (χ1n) is 29.8. The van der Waals surface area contributed by atoms with Gasteiger partial charge in [0.05, 0.1) is 0 Å². The first kappa shape index (κ1) is 55.3. The zero-order valence-corrected chi connectivity index (χ0v) is 51.8. The van der Waals surface area contributed by atoms with Gasteiger partial charge in [-0.05, 0) is 120 Å². The molecule has 0 atom stereocenters. The summed E-state index contributed by atoms with van der Waals surface area (Å²) in [6, 6.07) is 102. The minimum Gasteiger partial charge on any atom is -0.509 e. The Balaban J connectivity index is 0.00000667. The number of aromatic nitrogens is 2. The van der Waals surface area contributed by atoms with Crippen molar-refractivity contribution in [3.05, 3.63) is 319 Å². The van der Waals surface area contributed by atoms with Crippen molar-refractivity contribution in [2.75, 3.05) is 9.80 Å². The third-order valence-corrected chi connectivity index (χ3v) is 17.5. The molecule has 0 radical (unpaired) electrons. The van der Waals surface area contributed by atoms with Gasteiger partial charge in [-0.2, -0.15) is 6.07 Å². The van der Waals surface area contributed by atoms with Crippen molar-refractivity contribution >= 4 is 44.6 Å². The quantitative estimate of drug-likeness (QED) is 0.128. The number of anilines is 4. The monoisotopic (exact) mass is 1300 g/mol. The van der Waals surface area contributed by atoms with E-state index in [0.717, 1.165) is 89.3 Å². The maximum absolute atomic E-state index is 7.38. The molecular weight excluding hydrogens is 1240 g/mol. The van der Waals surface area contributed by atoms with Crippen molar-refractivity contribution in [1.82, 2.24) is 9.55 Å². The Labute approximate surface area is 525 Å². The van der Waals surface area contributed by atoms with E-state index in [1.165, 1.54) is 38.9 Å². The third-order valence-electron chi connectivity index (χ3n) is 17.5. The van der Waals surface area contributed by atoms with Crippen molar-refractivity contribution in [2.45, 2.75) is 57.8 Å². The van der Waals surface area contributed by atoms with Gasteiger partial charge in [-0.3, -0.25) is 0 Å². The number of nitrogens with zero attached hydrogens (tertiary/aromatic N) is 4. The van der Waals surface area contributed by atoms with Crippen LogP contribution in [0.1, 0.15) is 74.9 Å². The molecule has 1 aliphatic heterocycles. The molecule has 6 heteroatoms. The summed E-state index contributed by atoms with van der Waals surface area (Å²) in [5.41, 5.74) is 21.3. The van der Waals surface area contributed by atoms with Gasteiger partial charge in [0.2, 0.25) is 0 Å². The molecule has 0 spiro atoms. The average molecular weight is 1300 g/mol. The van der Waals surface area contributed by atoms with Gasteiger partial charge in [0, 0.05) is 77.9 Å². The molecule has 0 fully saturated rings. The Bertz CT molecular complexity index is 4620. The standard InChI is InChI=1S/C81H63N4O.Pt/c1-79(2,3)58-38-40-59(41-39-58)81(71-33-19-16-30-65(71)66-31-17-20-34-72(66)81)61-48-62(51-64(49-61)86-63-42-43-68-67-32-18-21-35-73(67)85(76(68)52-63)77-50-60(44-45-82-77)80(4,5)6)83-53-84(75-37-23-22-36-74(75)83)78-69(55-26-12-8-13-27-55)46-57(54-24-10-7-11-25-54)47-70(78)56-28-14-9-15-29-56;/h7-50,53H,1-6H3;/q-3;. The Hall–Kier alpha value is -9.54. The fourth-order valence-electron chi connectivity index (χ4n) is 13.3. The van der Waals surface area contributed by atoms with Gasteiger partial charge in [0.1, 0.15) is 5.82 Å². The molecular formula is C81H63N4OPt-3. The maximum atomic E-state index is 7.38. The number of hydrogen-bond donors (Lipinski definition) is 0. The summed E-state index contributed by atoms with van der Waals surface area (Å²) < 4.78 is 9.61. The molecule has 3 heterocycles. The summed E-state index contributed by atoms with van der Waals surface area (Å²) in [6.45, 7) is 15.8. The number of pyridine rings is 1. The van der Waals surface area contributed by atoms with Crippen LogP contribution < -0.4 is 14.5 Å². The predicted octanol–water partition coefficient (Wildman–Crippen LogP) is 20.9. The molecule has 0 saturated heterocycles. The molecule has 2 aliphatic rings. The minimum absolute atomic E-state index is 0. The van der Waals surface area contributed by atoms with E-state index in [1.54, 1.807) is 0 Å². The molecule has 0 bridgehead atoms. The third kappa shape index (κ3) is 9.48. The molecule has 1 aliphatic carbocycles. The summed E-state index contributed by atoms with van der Waals surface area (Å²) >= 11 is 0. The summed E-state index contributed by atoms with van der Waals surface area (Å²) in [5.74, 6) is 1.96. The predicted molar refractivity (Wildman–Crippen MR) is 355 cm³/mol. The number of fused-ring (bicyclic) bond motifs is 7. The van der Waals surface area contributed by atoms with Gasteiger partial charge < -0.3 is 19.1 Å². The maximum Gasteiger partial charge on any atom is 0.135 e. The van der Waals surface area contributed by atoms with Crippen molar-refractivity contribution in [3.63, 3.8) is 0 Å². The van der Waals surface area contributed by atoms with Crippen LogP contribution >= 0.6 is 0 Å². The fraction of sp³-hybridized carbons (Fsp3) is 0.111. The second-order valence-corrected chi connectivity index (χ2v) is 24.8.